The van der Waals surface area contributed by atoms with Gasteiger partial charge in [-0.25, -0.2) is 9.97 Å². The lowest BCUT2D eigenvalue weighted by atomic mass is 9.95. The molecule has 1 atom stereocenters. The first-order chi connectivity index (χ1) is 10.5. The number of ether oxygens (including phenoxy) is 2. The molecule has 1 unspecified atom stereocenters. The monoisotopic (exact) mass is 303 g/mol. The summed E-state index contributed by atoms with van der Waals surface area (Å²) in [5.41, 5.74) is 0.373. The van der Waals surface area contributed by atoms with Gasteiger partial charge in [-0.1, -0.05) is 0 Å². The molecule has 0 bridgehead atoms. The molecule has 7 heteroatoms. The standard InChI is InChI=1S/C15H21N5O2/c1-14(2)7-20(8-15(22-14)4-5-21-9-15)13-11-6-18-19(3)12(11)16-10-17-13/h6,10H,4-5,7-9H2,1-3H3. The number of rotatable bonds is 1. The van der Waals surface area contributed by atoms with Gasteiger partial charge >= 0.3 is 0 Å². The summed E-state index contributed by atoms with van der Waals surface area (Å²) in [5.74, 6) is 0.931. The second-order valence-corrected chi connectivity index (χ2v) is 6.91. The summed E-state index contributed by atoms with van der Waals surface area (Å²) < 4.78 is 13.7. The van der Waals surface area contributed by atoms with E-state index in [0.29, 0.717) is 6.61 Å². The quantitative estimate of drug-likeness (QED) is 0.787. The summed E-state index contributed by atoms with van der Waals surface area (Å²) in [6, 6.07) is 0. The topological polar surface area (TPSA) is 65.3 Å². The molecule has 2 saturated heterocycles. The fourth-order valence-corrected chi connectivity index (χ4v) is 3.66. The van der Waals surface area contributed by atoms with Gasteiger partial charge < -0.3 is 14.4 Å². The van der Waals surface area contributed by atoms with Gasteiger partial charge in [0.25, 0.3) is 0 Å². The highest BCUT2D eigenvalue weighted by Crippen LogP contribution is 2.37. The van der Waals surface area contributed by atoms with Crippen LogP contribution in [-0.2, 0) is 16.5 Å². The predicted octanol–water partition coefficient (Wildman–Crippen LogP) is 1.14. The molecule has 118 valence electrons. The Morgan fingerprint density at radius 3 is 2.86 bits per heavy atom. The van der Waals surface area contributed by atoms with Crippen LogP contribution in [0.1, 0.15) is 20.3 Å². The van der Waals surface area contributed by atoms with Crippen LogP contribution in [0.15, 0.2) is 12.5 Å². The van der Waals surface area contributed by atoms with Gasteiger partial charge in [-0.3, -0.25) is 4.68 Å². The molecule has 0 aromatic carbocycles. The zero-order valence-corrected chi connectivity index (χ0v) is 13.2. The zero-order chi connectivity index (χ0) is 15.4. The highest BCUT2D eigenvalue weighted by Gasteiger charge is 2.47. The van der Waals surface area contributed by atoms with Crippen LogP contribution in [0.3, 0.4) is 0 Å². The lowest BCUT2D eigenvalue weighted by Gasteiger charge is -2.48. The SMILES string of the molecule is Cn1ncc2c(N3CC(C)(C)OC4(CCOC4)C3)ncnc21. The van der Waals surface area contributed by atoms with E-state index < -0.39 is 0 Å². The van der Waals surface area contributed by atoms with Crippen LogP contribution in [0.25, 0.3) is 11.0 Å². The first kappa shape index (κ1) is 13.9. The highest BCUT2D eigenvalue weighted by atomic mass is 16.6. The highest BCUT2D eigenvalue weighted by molar-refractivity contribution is 5.86. The van der Waals surface area contributed by atoms with Crippen molar-refractivity contribution in [1.29, 1.82) is 0 Å². The van der Waals surface area contributed by atoms with E-state index in [1.165, 1.54) is 0 Å². The largest absolute Gasteiger partial charge is 0.378 e. The zero-order valence-electron chi connectivity index (χ0n) is 13.2. The van der Waals surface area contributed by atoms with Gasteiger partial charge in [0.1, 0.15) is 17.7 Å². The Morgan fingerprint density at radius 1 is 1.23 bits per heavy atom. The van der Waals surface area contributed by atoms with E-state index >= 15 is 0 Å². The second kappa shape index (κ2) is 4.63. The third-order valence-corrected chi connectivity index (χ3v) is 4.42. The lowest BCUT2D eigenvalue weighted by molar-refractivity contribution is -0.151. The number of aryl methyl sites for hydroxylation is 1. The van der Waals surface area contributed by atoms with Crippen LogP contribution in [-0.4, -0.2) is 57.3 Å². The molecule has 0 aliphatic carbocycles. The summed E-state index contributed by atoms with van der Waals surface area (Å²) in [4.78, 5) is 11.2. The number of hydrogen-bond donors (Lipinski definition) is 0. The number of hydrogen-bond acceptors (Lipinski definition) is 6. The summed E-state index contributed by atoms with van der Waals surface area (Å²) in [7, 11) is 1.90. The Bertz CT molecular complexity index is 705. The minimum atomic E-state index is -0.245. The molecule has 0 amide bonds. The van der Waals surface area contributed by atoms with Crippen LogP contribution in [0, 0.1) is 0 Å². The van der Waals surface area contributed by atoms with Crippen molar-refractivity contribution in [1.82, 2.24) is 19.7 Å². The molecular formula is C15H21N5O2. The van der Waals surface area contributed by atoms with Gasteiger partial charge in [0.15, 0.2) is 5.65 Å². The van der Waals surface area contributed by atoms with Gasteiger partial charge in [0.05, 0.1) is 30.3 Å². The maximum absolute atomic E-state index is 6.36. The molecule has 2 fully saturated rings. The molecule has 2 aliphatic rings. The summed E-state index contributed by atoms with van der Waals surface area (Å²) >= 11 is 0. The van der Waals surface area contributed by atoms with E-state index in [-0.39, 0.29) is 11.2 Å². The molecule has 1 spiro atoms. The number of aromatic nitrogens is 4. The summed E-state index contributed by atoms with van der Waals surface area (Å²) in [6.07, 6.45) is 4.37. The molecule has 2 aromatic rings. The van der Waals surface area contributed by atoms with Crippen LogP contribution in [0.4, 0.5) is 5.82 Å². The van der Waals surface area contributed by atoms with Crippen molar-refractivity contribution in [2.24, 2.45) is 7.05 Å². The second-order valence-electron chi connectivity index (χ2n) is 6.91. The number of morpholine rings is 1. The Kier molecular flexibility index (Phi) is 2.93. The van der Waals surface area contributed by atoms with Crippen molar-refractivity contribution in [2.45, 2.75) is 31.5 Å². The Morgan fingerprint density at radius 2 is 2.09 bits per heavy atom. The normalized spacial score (nSPS) is 27.9. The predicted molar refractivity (Wildman–Crippen MR) is 81.8 cm³/mol. The van der Waals surface area contributed by atoms with Crippen molar-refractivity contribution in [2.75, 3.05) is 31.2 Å². The molecule has 7 nitrogen and oxygen atoms in total. The minimum absolute atomic E-state index is 0.235. The summed E-state index contributed by atoms with van der Waals surface area (Å²) in [5, 5.41) is 5.29. The van der Waals surface area contributed by atoms with E-state index in [1.807, 2.05) is 13.2 Å². The number of anilines is 1. The third kappa shape index (κ3) is 2.16. The average molecular weight is 303 g/mol. The van der Waals surface area contributed by atoms with Gasteiger partial charge in [-0.05, 0) is 13.8 Å². The van der Waals surface area contributed by atoms with Gasteiger partial charge in [0, 0.05) is 26.6 Å². The number of fused-ring (bicyclic) bond motifs is 1. The van der Waals surface area contributed by atoms with E-state index in [9.17, 15) is 0 Å². The molecule has 22 heavy (non-hydrogen) atoms. The third-order valence-electron chi connectivity index (χ3n) is 4.42. The lowest BCUT2D eigenvalue weighted by Crippen LogP contribution is -2.60. The van der Waals surface area contributed by atoms with Crippen molar-refractivity contribution >= 4 is 16.9 Å². The van der Waals surface area contributed by atoms with Crippen LogP contribution < -0.4 is 4.90 Å². The van der Waals surface area contributed by atoms with Crippen molar-refractivity contribution < 1.29 is 9.47 Å². The summed E-state index contributed by atoms with van der Waals surface area (Å²) in [6.45, 7) is 7.24. The van der Waals surface area contributed by atoms with Crippen LogP contribution in [0.2, 0.25) is 0 Å². The van der Waals surface area contributed by atoms with Crippen molar-refractivity contribution in [3.05, 3.63) is 12.5 Å². The maximum atomic E-state index is 6.36. The smallest absolute Gasteiger partial charge is 0.163 e. The van der Waals surface area contributed by atoms with Crippen molar-refractivity contribution in [3.8, 4) is 0 Å². The average Bonchev–Trinajstić information content (AvgIpc) is 3.04. The van der Waals surface area contributed by atoms with E-state index in [2.05, 4.69) is 33.8 Å². The Hall–Kier alpha value is -1.73. The molecular weight excluding hydrogens is 282 g/mol. The Labute approximate surface area is 129 Å². The number of nitrogens with zero attached hydrogens (tertiary/aromatic N) is 5. The maximum Gasteiger partial charge on any atom is 0.163 e. The van der Waals surface area contributed by atoms with E-state index in [0.717, 1.165) is 43.0 Å². The molecule has 2 aromatic heterocycles. The first-order valence-corrected chi connectivity index (χ1v) is 7.64. The fraction of sp³-hybridized carbons (Fsp3) is 0.667. The van der Waals surface area contributed by atoms with Gasteiger partial charge in [-0.15, -0.1) is 0 Å². The minimum Gasteiger partial charge on any atom is -0.378 e. The van der Waals surface area contributed by atoms with Gasteiger partial charge in [0.2, 0.25) is 0 Å². The van der Waals surface area contributed by atoms with E-state index in [1.54, 1.807) is 11.0 Å². The molecule has 2 aliphatic heterocycles. The molecule has 4 heterocycles. The van der Waals surface area contributed by atoms with E-state index in [4.69, 9.17) is 9.47 Å². The Balaban J connectivity index is 1.76. The van der Waals surface area contributed by atoms with Gasteiger partial charge in [-0.2, -0.15) is 5.10 Å². The van der Waals surface area contributed by atoms with Crippen molar-refractivity contribution in [3.63, 3.8) is 0 Å². The molecule has 0 N–H and O–H groups in total. The first-order valence-electron chi connectivity index (χ1n) is 7.64. The fourth-order valence-electron chi connectivity index (χ4n) is 3.66. The molecule has 4 rings (SSSR count). The molecule has 0 saturated carbocycles. The van der Waals surface area contributed by atoms with Crippen LogP contribution >= 0.6 is 0 Å². The van der Waals surface area contributed by atoms with Crippen LogP contribution in [0.5, 0.6) is 0 Å². The molecule has 0 radical (unpaired) electrons.